The lowest BCUT2D eigenvalue weighted by Crippen LogP contribution is -2.17. The van der Waals surface area contributed by atoms with Gasteiger partial charge in [-0.1, -0.05) is 17.7 Å². The zero-order valence-corrected chi connectivity index (χ0v) is 15.9. The summed E-state index contributed by atoms with van der Waals surface area (Å²) in [6.45, 7) is 3.68. The first-order valence-electron chi connectivity index (χ1n) is 7.97. The molecule has 0 fully saturated rings. The number of anilines is 1. The van der Waals surface area contributed by atoms with E-state index in [4.69, 9.17) is 9.47 Å². The Morgan fingerprint density at radius 3 is 2.33 bits per heavy atom. The second-order valence-corrected chi connectivity index (χ2v) is 7.58. The molecular formula is C18H20F3NO4S. The Morgan fingerprint density at radius 1 is 1.04 bits per heavy atom. The summed E-state index contributed by atoms with van der Waals surface area (Å²) in [5, 5.41) is 0. The minimum atomic E-state index is -4.62. The molecule has 0 heterocycles. The number of rotatable bonds is 7. The molecule has 27 heavy (non-hydrogen) atoms. The van der Waals surface area contributed by atoms with Gasteiger partial charge < -0.3 is 9.47 Å². The molecular weight excluding hydrogens is 383 g/mol. The van der Waals surface area contributed by atoms with Gasteiger partial charge in [0.1, 0.15) is 12.4 Å². The van der Waals surface area contributed by atoms with E-state index in [2.05, 4.69) is 4.72 Å². The summed E-state index contributed by atoms with van der Waals surface area (Å²) >= 11 is 0. The van der Waals surface area contributed by atoms with E-state index in [1.807, 2.05) is 6.92 Å². The van der Waals surface area contributed by atoms with Crippen LogP contribution in [0.1, 0.15) is 16.7 Å². The number of alkyl halides is 3. The van der Waals surface area contributed by atoms with Crippen molar-refractivity contribution in [3.05, 3.63) is 53.1 Å². The Labute approximate surface area is 156 Å². The minimum absolute atomic E-state index is 0.0200. The van der Waals surface area contributed by atoms with Crippen molar-refractivity contribution in [1.82, 2.24) is 0 Å². The van der Waals surface area contributed by atoms with Crippen LogP contribution in [0.4, 0.5) is 18.9 Å². The Hall–Kier alpha value is -2.26. The fraction of sp³-hybridized carbons (Fsp3) is 0.333. The number of methoxy groups -OCH3 is 1. The number of benzene rings is 2. The molecule has 0 saturated heterocycles. The lowest BCUT2D eigenvalue weighted by molar-refractivity contribution is -0.137. The highest BCUT2D eigenvalue weighted by atomic mass is 32.2. The number of halogens is 3. The smallest absolute Gasteiger partial charge is 0.416 e. The van der Waals surface area contributed by atoms with Crippen LogP contribution in [0.3, 0.4) is 0 Å². The highest BCUT2D eigenvalue weighted by Gasteiger charge is 2.32. The lowest BCUT2D eigenvalue weighted by Gasteiger charge is -2.17. The number of hydrogen-bond acceptors (Lipinski definition) is 4. The van der Waals surface area contributed by atoms with Gasteiger partial charge in [0, 0.05) is 7.11 Å². The first-order chi connectivity index (χ1) is 12.5. The molecule has 1 N–H and O–H groups in total. The van der Waals surface area contributed by atoms with Crippen molar-refractivity contribution in [2.24, 2.45) is 0 Å². The van der Waals surface area contributed by atoms with E-state index >= 15 is 0 Å². The molecule has 0 aliphatic carbocycles. The Kier molecular flexibility index (Phi) is 6.38. The summed E-state index contributed by atoms with van der Waals surface area (Å²) in [6.07, 6.45) is -4.62. The largest absolute Gasteiger partial charge is 0.489 e. The van der Waals surface area contributed by atoms with Crippen LogP contribution in [0.15, 0.2) is 41.3 Å². The van der Waals surface area contributed by atoms with Gasteiger partial charge in [-0.25, -0.2) is 8.42 Å². The zero-order valence-electron chi connectivity index (χ0n) is 15.1. The monoisotopic (exact) mass is 403 g/mol. The van der Waals surface area contributed by atoms with E-state index < -0.39 is 21.8 Å². The van der Waals surface area contributed by atoms with Gasteiger partial charge >= 0.3 is 6.18 Å². The standard InChI is InChI=1S/C18H20F3NO4S/c1-12-4-7-17(13(2)10-12)27(23,24)22-15-11-14(18(19,20)21)5-6-16(15)26-9-8-25-3/h4-7,10-11,22H,8-9H2,1-3H3. The predicted octanol–water partition coefficient (Wildman–Crippen LogP) is 4.15. The van der Waals surface area contributed by atoms with Crippen molar-refractivity contribution in [1.29, 1.82) is 0 Å². The van der Waals surface area contributed by atoms with Gasteiger partial charge in [-0.05, 0) is 43.7 Å². The summed E-state index contributed by atoms with van der Waals surface area (Å²) < 4.78 is 76.9. The number of sulfonamides is 1. The molecule has 0 saturated carbocycles. The molecule has 2 aromatic carbocycles. The Morgan fingerprint density at radius 2 is 1.74 bits per heavy atom. The van der Waals surface area contributed by atoms with Crippen molar-refractivity contribution < 1.29 is 31.1 Å². The van der Waals surface area contributed by atoms with Crippen LogP contribution in [-0.2, 0) is 20.9 Å². The molecule has 5 nitrogen and oxygen atoms in total. The van der Waals surface area contributed by atoms with E-state index in [9.17, 15) is 21.6 Å². The highest BCUT2D eigenvalue weighted by molar-refractivity contribution is 7.92. The van der Waals surface area contributed by atoms with Crippen molar-refractivity contribution >= 4 is 15.7 Å². The predicted molar refractivity (Wildman–Crippen MR) is 95.5 cm³/mol. The molecule has 0 aliphatic rings. The molecule has 148 valence electrons. The quantitative estimate of drug-likeness (QED) is 0.706. The molecule has 0 amide bonds. The topological polar surface area (TPSA) is 64.6 Å². The third-order valence-corrected chi connectivity index (χ3v) is 5.24. The van der Waals surface area contributed by atoms with Gasteiger partial charge in [0.05, 0.1) is 22.8 Å². The minimum Gasteiger partial charge on any atom is -0.489 e. The number of nitrogens with one attached hydrogen (secondary N) is 1. The number of aryl methyl sites for hydroxylation is 2. The molecule has 0 unspecified atom stereocenters. The van der Waals surface area contributed by atoms with Crippen LogP contribution in [0, 0.1) is 13.8 Å². The van der Waals surface area contributed by atoms with Gasteiger partial charge in [-0.3, -0.25) is 4.72 Å². The van der Waals surface area contributed by atoms with Crippen LogP contribution in [0.2, 0.25) is 0 Å². The van der Waals surface area contributed by atoms with Gasteiger partial charge in [0.2, 0.25) is 0 Å². The molecule has 0 bridgehead atoms. The Bertz CT molecular complexity index is 911. The SMILES string of the molecule is COCCOc1ccc(C(F)(F)F)cc1NS(=O)(=O)c1ccc(C)cc1C. The number of hydrogen-bond donors (Lipinski definition) is 1. The van der Waals surface area contributed by atoms with E-state index in [0.29, 0.717) is 11.6 Å². The average molecular weight is 403 g/mol. The molecule has 0 aliphatic heterocycles. The van der Waals surface area contributed by atoms with Crippen LogP contribution >= 0.6 is 0 Å². The fourth-order valence-corrected chi connectivity index (χ4v) is 3.74. The van der Waals surface area contributed by atoms with Crippen LogP contribution in [0.25, 0.3) is 0 Å². The van der Waals surface area contributed by atoms with Crippen molar-refractivity contribution in [3.63, 3.8) is 0 Å². The number of ether oxygens (including phenoxy) is 2. The van der Waals surface area contributed by atoms with E-state index in [0.717, 1.165) is 17.7 Å². The van der Waals surface area contributed by atoms with Gasteiger partial charge in [-0.15, -0.1) is 0 Å². The van der Waals surface area contributed by atoms with Crippen molar-refractivity contribution in [2.45, 2.75) is 24.9 Å². The second-order valence-electron chi connectivity index (χ2n) is 5.92. The average Bonchev–Trinajstić information content (AvgIpc) is 2.54. The molecule has 0 aromatic heterocycles. The summed E-state index contributed by atoms with van der Waals surface area (Å²) in [7, 11) is -2.66. The normalized spacial score (nSPS) is 12.1. The fourth-order valence-electron chi connectivity index (χ4n) is 2.45. The van der Waals surface area contributed by atoms with Gasteiger partial charge in [0.15, 0.2) is 0 Å². The summed E-state index contributed by atoms with van der Waals surface area (Å²) in [5.74, 6) is -0.0200. The lowest BCUT2D eigenvalue weighted by atomic mass is 10.2. The molecule has 9 heteroatoms. The zero-order chi connectivity index (χ0) is 20.2. The van der Waals surface area contributed by atoms with E-state index in [-0.39, 0.29) is 29.5 Å². The molecule has 2 rings (SSSR count). The molecule has 0 radical (unpaired) electrons. The van der Waals surface area contributed by atoms with Gasteiger partial charge in [0.25, 0.3) is 10.0 Å². The second kappa shape index (κ2) is 8.18. The molecule has 0 atom stereocenters. The molecule has 2 aromatic rings. The third-order valence-electron chi connectivity index (χ3n) is 3.72. The highest BCUT2D eigenvalue weighted by Crippen LogP contribution is 2.36. The first-order valence-corrected chi connectivity index (χ1v) is 9.46. The Balaban J connectivity index is 2.44. The van der Waals surface area contributed by atoms with Crippen molar-refractivity contribution in [3.8, 4) is 5.75 Å². The first kappa shape index (κ1) is 21.0. The maximum Gasteiger partial charge on any atom is 0.416 e. The summed E-state index contributed by atoms with van der Waals surface area (Å²) in [5.41, 5.74) is 0.0752. The van der Waals surface area contributed by atoms with E-state index in [1.165, 1.54) is 13.2 Å². The molecule has 0 spiro atoms. The summed E-state index contributed by atoms with van der Waals surface area (Å²) in [6, 6.07) is 7.32. The van der Waals surface area contributed by atoms with Crippen LogP contribution < -0.4 is 9.46 Å². The van der Waals surface area contributed by atoms with Crippen LogP contribution in [-0.4, -0.2) is 28.7 Å². The van der Waals surface area contributed by atoms with Crippen LogP contribution in [0.5, 0.6) is 5.75 Å². The maximum atomic E-state index is 13.0. The summed E-state index contributed by atoms with van der Waals surface area (Å²) in [4.78, 5) is -0.0200. The van der Waals surface area contributed by atoms with Crippen molar-refractivity contribution in [2.75, 3.05) is 25.0 Å². The van der Waals surface area contributed by atoms with Gasteiger partial charge in [-0.2, -0.15) is 13.2 Å². The maximum absolute atomic E-state index is 13.0. The third kappa shape index (κ3) is 5.36. The van der Waals surface area contributed by atoms with E-state index in [1.54, 1.807) is 19.1 Å².